The summed E-state index contributed by atoms with van der Waals surface area (Å²) >= 11 is 3.33. The molecule has 13 heteroatoms. The van der Waals surface area contributed by atoms with Crippen LogP contribution < -0.4 is 10.3 Å². The third kappa shape index (κ3) is 5.48. The number of benzene rings is 4. The summed E-state index contributed by atoms with van der Waals surface area (Å²) in [4.78, 5) is 40.1. The van der Waals surface area contributed by atoms with E-state index in [4.69, 9.17) is 9.15 Å². The molecular weight excluding hydrogens is 622 g/mol. The van der Waals surface area contributed by atoms with Crippen molar-refractivity contribution >= 4 is 55.4 Å². The van der Waals surface area contributed by atoms with Gasteiger partial charge in [-0.1, -0.05) is 42.5 Å². The molecule has 0 bridgehead atoms. The summed E-state index contributed by atoms with van der Waals surface area (Å²) in [7, 11) is 0. The van der Waals surface area contributed by atoms with Gasteiger partial charge >= 0.3 is 5.69 Å². The van der Waals surface area contributed by atoms with E-state index in [1.165, 1.54) is 30.5 Å². The molecular formula is C30H18BrN5O7. The minimum atomic E-state index is -0.617. The number of non-ortho nitro benzene ring substituents is 1. The molecule has 0 atom stereocenters. The summed E-state index contributed by atoms with van der Waals surface area (Å²) in [5.41, 5.74) is 0.861. The van der Waals surface area contributed by atoms with Gasteiger partial charge in [0.05, 0.1) is 31.4 Å². The molecule has 12 nitrogen and oxygen atoms in total. The predicted octanol–water partition coefficient (Wildman–Crippen LogP) is 6.85. The molecule has 2 aromatic heterocycles. The average molecular weight is 640 g/mol. The lowest BCUT2D eigenvalue weighted by Gasteiger charge is -2.10. The first-order valence-electron chi connectivity index (χ1n) is 12.7. The average Bonchev–Trinajstić information content (AvgIpc) is 3.44. The summed E-state index contributed by atoms with van der Waals surface area (Å²) < 4.78 is 13.0. The number of fused-ring (bicyclic) bond motifs is 2. The molecule has 0 aliphatic rings. The zero-order chi connectivity index (χ0) is 30.1. The molecule has 0 aliphatic heterocycles. The second-order valence-corrected chi connectivity index (χ2v) is 10.1. The van der Waals surface area contributed by atoms with Crippen molar-refractivity contribution < 1.29 is 19.0 Å². The van der Waals surface area contributed by atoms with Gasteiger partial charge in [-0.3, -0.25) is 25.0 Å². The van der Waals surface area contributed by atoms with Crippen LogP contribution >= 0.6 is 15.9 Å². The Morgan fingerprint density at radius 1 is 0.953 bits per heavy atom. The standard InChI is InChI=1S/C30H18BrN5O7/c31-23-13-19(14-25(36(40)41)28(23)42-17-18-6-5-8-21(12-18)35(38)39)16-32-34-29(27-15-20-7-1-4-11-26(20)43-27)33-24-10-3-2-9-22(24)30(34)37/h1-16H,17H2. The Morgan fingerprint density at radius 2 is 1.74 bits per heavy atom. The number of nitro benzene ring substituents is 2. The fraction of sp³-hybridized carbons (Fsp3) is 0.0333. The van der Waals surface area contributed by atoms with Gasteiger partial charge in [-0.15, -0.1) is 0 Å². The minimum Gasteiger partial charge on any atom is -0.481 e. The van der Waals surface area contributed by atoms with Crippen LogP contribution in [0.1, 0.15) is 11.1 Å². The summed E-state index contributed by atoms with van der Waals surface area (Å²) in [6.07, 6.45) is 1.30. The highest BCUT2D eigenvalue weighted by atomic mass is 79.9. The van der Waals surface area contributed by atoms with E-state index in [2.05, 4.69) is 26.0 Å². The van der Waals surface area contributed by atoms with E-state index in [0.717, 1.165) is 10.1 Å². The van der Waals surface area contributed by atoms with Crippen LogP contribution in [0.4, 0.5) is 11.4 Å². The topological polar surface area (TPSA) is 156 Å². The minimum absolute atomic E-state index is 0.0684. The Labute approximate surface area is 249 Å². The Balaban J connectivity index is 1.39. The Bertz CT molecular complexity index is 2120. The van der Waals surface area contributed by atoms with Crippen molar-refractivity contribution in [2.45, 2.75) is 6.61 Å². The van der Waals surface area contributed by atoms with Gasteiger partial charge in [-0.2, -0.15) is 9.78 Å². The maximum atomic E-state index is 13.5. The van der Waals surface area contributed by atoms with Crippen molar-refractivity contribution in [2.24, 2.45) is 5.10 Å². The number of hydrogen-bond donors (Lipinski definition) is 0. The number of nitrogens with zero attached hydrogens (tertiary/aromatic N) is 5. The van der Waals surface area contributed by atoms with Crippen molar-refractivity contribution in [1.29, 1.82) is 0 Å². The Morgan fingerprint density at radius 3 is 2.53 bits per heavy atom. The van der Waals surface area contributed by atoms with Crippen molar-refractivity contribution in [3.63, 3.8) is 0 Å². The maximum Gasteiger partial charge on any atom is 0.312 e. The number of hydrogen-bond acceptors (Lipinski definition) is 9. The molecule has 0 saturated heterocycles. The van der Waals surface area contributed by atoms with Crippen LogP contribution in [0.3, 0.4) is 0 Å². The number of furan rings is 1. The lowest BCUT2D eigenvalue weighted by atomic mass is 10.2. The molecule has 212 valence electrons. The number of rotatable bonds is 8. The molecule has 0 fully saturated rings. The molecule has 0 unspecified atom stereocenters. The first-order chi connectivity index (χ1) is 20.8. The highest BCUT2D eigenvalue weighted by molar-refractivity contribution is 9.10. The third-order valence-electron chi connectivity index (χ3n) is 6.47. The third-order valence-corrected chi connectivity index (χ3v) is 7.06. The molecule has 2 heterocycles. The largest absolute Gasteiger partial charge is 0.481 e. The zero-order valence-electron chi connectivity index (χ0n) is 21.9. The van der Waals surface area contributed by atoms with Crippen LogP contribution in [-0.2, 0) is 6.61 Å². The van der Waals surface area contributed by atoms with Crippen LogP contribution in [-0.4, -0.2) is 25.7 Å². The van der Waals surface area contributed by atoms with Gasteiger partial charge in [0, 0.05) is 29.1 Å². The van der Waals surface area contributed by atoms with E-state index in [0.29, 0.717) is 27.8 Å². The van der Waals surface area contributed by atoms with Crippen molar-refractivity contribution in [1.82, 2.24) is 9.66 Å². The normalized spacial score (nSPS) is 11.4. The first-order valence-corrected chi connectivity index (χ1v) is 13.5. The van der Waals surface area contributed by atoms with Gasteiger partial charge in [0.25, 0.3) is 11.2 Å². The van der Waals surface area contributed by atoms with Gasteiger partial charge in [0.15, 0.2) is 5.76 Å². The van der Waals surface area contributed by atoms with Gasteiger partial charge in [-0.05, 0) is 51.8 Å². The lowest BCUT2D eigenvalue weighted by Crippen LogP contribution is -2.20. The van der Waals surface area contributed by atoms with Crippen molar-refractivity contribution in [2.75, 3.05) is 0 Å². The fourth-order valence-electron chi connectivity index (χ4n) is 4.47. The molecule has 0 saturated carbocycles. The monoisotopic (exact) mass is 639 g/mol. The molecule has 43 heavy (non-hydrogen) atoms. The summed E-state index contributed by atoms with van der Waals surface area (Å²) in [6.45, 7) is -0.145. The highest BCUT2D eigenvalue weighted by Gasteiger charge is 2.21. The van der Waals surface area contributed by atoms with Gasteiger partial charge in [-0.25, -0.2) is 4.98 Å². The van der Waals surface area contributed by atoms with Gasteiger partial charge in [0.2, 0.25) is 11.6 Å². The Kier molecular flexibility index (Phi) is 7.22. The second kappa shape index (κ2) is 11.3. The van der Waals surface area contributed by atoms with E-state index in [1.807, 2.05) is 18.2 Å². The summed E-state index contributed by atoms with van der Waals surface area (Å²) in [5.74, 6) is 0.404. The highest BCUT2D eigenvalue weighted by Crippen LogP contribution is 2.37. The fourth-order valence-corrected chi connectivity index (χ4v) is 5.06. The van der Waals surface area contributed by atoms with Gasteiger partial charge < -0.3 is 9.15 Å². The molecule has 6 aromatic rings. The van der Waals surface area contributed by atoms with E-state index < -0.39 is 15.4 Å². The molecule has 0 radical (unpaired) electrons. The summed E-state index contributed by atoms with van der Waals surface area (Å²) in [6, 6.07) is 24.5. The SMILES string of the molecule is O=c1c2ccccc2nc(-c2cc3ccccc3o2)n1N=Cc1cc(Br)c(OCc2cccc([N+](=O)[O-])c2)c([N+](=O)[O-])c1. The van der Waals surface area contributed by atoms with E-state index >= 15 is 0 Å². The van der Waals surface area contributed by atoms with Crippen LogP contribution in [0, 0.1) is 20.2 Å². The molecule has 4 aromatic carbocycles. The maximum absolute atomic E-state index is 13.5. The van der Waals surface area contributed by atoms with Gasteiger partial charge in [0.1, 0.15) is 12.2 Å². The summed E-state index contributed by atoms with van der Waals surface area (Å²) in [5, 5.41) is 28.6. The molecule has 0 N–H and O–H groups in total. The molecule has 0 spiro atoms. The lowest BCUT2D eigenvalue weighted by molar-refractivity contribution is -0.386. The quantitative estimate of drug-likeness (QED) is 0.0994. The Hall–Kier alpha value is -5.69. The van der Waals surface area contributed by atoms with Crippen LogP contribution in [0.2, 0.25) is 0 Å². The van der Waals surface area contributed by atoms with E-state index in [9.17, 15) is 25.0 Å². The predicted molar refractivity (Wildman–Crippen MR) is 162 cm³/mol. The van der Waals surface area contributed by atoms with E-state index in [-0.39, 0.29) is 39.6 Å². The number of halogens is 1. The number of aromatic nitrogens is 2. The van der Waals surface area contributed by atoms with Crippen LogP contribution in [0.15, 0.2) is 110 Å². The smallest absolute Gasteiger partial charge is 0.312 e. The number of para-hydroxylation sites is 2. The van der Waals surface area contributed by atoms with Crippen LogP contribution in [0.25, 0.3) is 33.5 Å². The van der Waals surface area contributed by atoms with E-state index in [1.54, 1.807) is 48.5 Å². The molecule has 0 amide bonds. The van der Waals surface area contributed by atoms with Crippen molar-refractivity contribution in [3.8, 4) is 17.3 Å². The number of ether oxygens (including phenoxy) is 1. The van der Waals surface area contributed by atoms with Crippen molar-refractivity contribution in [3.05, 3.63) is 137 Å². The van der Waals surface area contributed by atoms with Crippen LogP contribution in [0.5, 0.6) is 5.75 Å². The molecule has 6 rings (SSSR count). The molecule has 0 aliphatic carbocycles. The first kappa shape index (κ1) is 27.5. The number of nitro groups is 2. The zero-order valence-corrected chi connectivity index (χ0v) is 23.5. The second-order valence-electron chi connectivity index (χ2n) is 9.29.